The van der Waals surface area contributed by atoms with Crippen LogP contribution in [0.3, 0.4) is 0 Å². The van der Waals surface area contributed by atoms with Gasteiger partial charge in [-0.2, -0.15) is 5.26 Å². The molecule has 1 aromatic heterocycles. The third-order valence-electron chi connectivity index (χ3n) is 1.77. The van der Waals surface area contributed by atoms with Crippen LogP contribution in [0.2, 0.25) is 5.02 Å². The summed E-state index contributed by atoms with van der Waals surface area (Å²) in [6.07, 6.45) is 0. The van der Waals surface area contributed by atoms with Crippen molar-refractivity contribution in [2.24, 2.45) is 0 Å². The van der Waals surface area contributed by atoms with Gasteiger partial charge in [-0.1, -0.05) is 11.6 Å². The highest BCUT2D eigenvalue weighted by molar-refractivity contribution is 7.80. The Morgan fingerprint density at radius 2 is 2.31 bits per heavy atom. The van der Waals surface area contributed by atoms with Crippen LogP contribution in [0.5, 0.6) is 0 Å². The second-order valence-corrected chi connectivity index (χ2v) is 4.31. The molecule has 1 nitrogen and oxygen atoms in total. The zero-order valence-corrected chi connectivity index (χ0v) is 8.88. The number of nitriles is 1. The lowest BCUT2D eigenvalue weighted by molar-refractivity contribution is 1.41. The largest absolute Gasteiger partial charge is 0.192 e. The lowest BCUT2D eigenvalue weighted by Crippen LogP contribution is -1.80. The molecule has 0 aliphatic carbocycles. The number of thiophene rings is 1. The van der Waals surface area contributed by atoms with E-state index in [1.165, 1.54) is 11.3 Å². The Kier molecular flexibility index (Phi) is 2.20. The Labute approximate surface area is 90.0 Å². The summed E-state index contributed by atoms with van der Waals surface area (Å²) in [5, 5.41) is 12.3. The maximum atomic E-state index is 8.82. The van der Waals surface area contributed by atoms with Crippen LogP contribution in [0.15, 0.2) is 22.4 Å². The molecule has 4 heteroatoms. The van der Waals surface area contributed by atoms with Crippen LogP contribution in [0.25, 0.3) is 10.1 Å². The Hall–Kier alpha value is -0.690. The van der Waals surface area contributed by atoms with Gasteiger partial charge in [-0.3, -0.25) is 0 Å². The maximum Gasteiger partial charge on any atom is 0.102 e. The molecule has 2 aromatic rings. The predicted octanol–water partition coefficient (Wildman–Crippen LogP) is 3.72. The summed E-state index contributed by atoms with van der Waals surface area (Å²) in [6.45, 7) is 0. The number of rotatable bonds is 0. The summed E-state index contributed by atoms with van der Waals surface area (Å²) in [6, 6.07) is 5.87. The fourth-order valence-corrected chi connectivity index (χ4v) is 2.74. The molecule has 0 amide bonds. The Balaban J connectivity index is 2.95. The summed E-state index contributed by atoms with van der Waals surface area (Å²) >= 11 is 11.8. The van der Waals surface area contributed by atoms with Crippen LogP contribution in [-0.4, -0.2) is 0 Å². The molecular weight excluding hydrogens is 222 g/mol. The molecule has 13 heavy (non-hydrogen) atoms. The predicted molar refractivity (Wildman–Crippen MR) is 58.8 cm³/mol. The second kappa shape index (κ2) is 3.22. The summed E-state index contributed by atoms with van der Waals surface area (Å²) in [4.78, 5) is 0.637. The fraction of sp³-hybridized carbons (Fsp3) is 0. The van der Waals surface area contributed by atoms with Gasteiger partial charge in [0.05, 0.1) is 15.3 Å². The van der Waals surface area contributed by atoms with Crippen molar-refractivity contribution in [3.05, 3.63) is 28.1 Å². The molecule has 0 saturated heterocycles. The van der Waals surface area contributed by atoms with E-state index in [-0.39, 0.29) is 0 Å². The molecule has 0 spiro atoms. The molecule has 0 fully saturated rings. The summed E-state index contributed by atoms with van der Waals surface area (Å²) < 4.78 is 0.955. The Bertz CT molecular complexity index is 510. The first-order valence-corrected chi connectivity index (χ1v) is 5.23. The van der Waals surface area contributed by atoms with E-state index in [2.05, 4.69) is 12.6 Å². The van der Waals surface area contributed by atoms with Crippen LogP contribution in [0.4, 0.5) is 0 Å². The highest BCUT2D eigenvalue weighted by Crippen LogP contribution is 2.34. The van der Waals surface area contributed by atoms with Crippen LogP contribution in [0.1, 0.15) is 5.56 Å². The van der Waals surface area contributed by atoms with Crippen molar-refractivity contribution in [2.75, 3.05) is 0 Å². The molecule has 0 atom stereocenters. The fourth-order valence-electron chi connectivity index (χ4n) is 1.16. The van der Waals surface area contributed by atoms with E-state index in [0.29, 0.717) is 15.5 Å². The molecule has 0 radical (unpaired) electrons. The van der Waals surface area contributed by atoms with E-state index >= 15 is 0 Å². The van der Waals surface area contributed by atoms with Gasteiger partial charge >= 0.3 is 0 Å². The second-order valence-electron chi connectivity index (χ2n) is 2.54. The van der Waals surface area contributed by atoms with Gasteiger partial charge in [0, 0.05) is 4.90 Å². The van der Waals surface area contributed by atoms with E-state index in [1.807, 2.05) is 23.6 Å². The first kappa shape index (κ1) is 8.89. The quantitative estimate of drug-likeness (QED) is 0.679. The number of nitrogens with zero attached hydrogens (tertiary/aromatic N) is 1. The first-order chi connectivity index (χ1) is 6.24. The molecular formula is C9H4ClNS2. The first-order valence-electron chi connectivity index (χ1n) is 3.53. The van der Waals surface area contributed by atoms with Gasteiger partial charge in [-0.25, -0.2) is 0 Å². The molecule has 64 valence electrons. The van der Waals surface area contributed by atoms with Gasteiger partial charge < -0.3 is 0 Å². The van der Waals surface area contributed by atoms with Crippen LogP contribution >= 0.6 is 35.6 Å². The van der Waals surface area contributed by atoms with E-state index in [9.17, 15) is 0 Å². The highest BCUT2D eigenvalue weighted by Gasteiger charge is 2.09. The smallest absolute Gasteiger partial charge is 0.102 e. The van der Waals surface area contributed by atoms with Crippen molar-refractivity contribution >= 4 is 45.7 Å². The van der Waals surface area contributed by atoms with Crippen molar-refractivity contribution in [1.29, 1.82) is 5.26 Å². The van der Waals surface area contributed by atoms with Gasteiger partial charge in [-0.15, -0.1) is 24.0 Å². The number of hydrogen-bond donors (Lipinski definition) is 1. The minimum atomic E-state index is 0.458. The molecule has 0 bridgehead atoms. The summed E-state index contributed by atoms with van der Waals surface area (Å²) in [7, 11) is 0. The molecule has 0 unspecified atom stereocenters. The third-order valence-corrected chi connectivity index (χ3v) is 3.57. The average Bonchev–Trinajstić information content (AvgIpc) is 2.53. The van der Waals surface area contributed by atoms with Gasteiger partial charge in [0.2, 0.25) is 0 Å². The minimum absolute atomic E-state index is 0.458. The Morgan fingerprint density at radius 3 is 3.00 bits per heavy atom. The van der Waals surface area contributed by atoms with Crippen LogP contribution in [-0.2, 0) is 0 Å². The van der Waals surface area contributed by atoms with E-state index in [1.54, 1.807) is 0 Å². The average molecular weight is 226 g/mol. The third kappa shape index (κ3) is 1.31. The van der Waals surface area contributed by atoms with Gasteiger partial charge in [0.15, 0.2) is 0 Å². The number of halogens is 1. The van der Waals surface area contributed by atoms with E-state index < -0.39 is 0 Å². The van der Waals surface area contributed by atoms with Crippen molar-refractivity contribution in [2.45, 2.75) is 4.90 Å². The molecule has 1 heterocycles. The SMILES string of the molecule is N#Cc1c(S)cc2ccsc2c1Cl. The maximum absolute atomic E-state index is 8.82. The van der Waals surface area contributed by atoms with Crippen molar-refractivity contribution in [3.63, 3.8) is 0 Å². The highest BCUT2D eigenvalue weighted by atomic mass is 35.5. The van der Waals surface area contributed by atoms with Crippen LogP contribution < -0.4 is 0 Å². The monoisotopic (exact) mass is 225 g/mol. The van der Waals surface area contributed by atoms with Crippen molar-refractivity contribution in [3.8, 4) is 6.07 Å². The topological polar surface area (TPSA) is 23.8 Å². The number of hydrogen-bond acceptors (Lipinski definition) is 3. The molecule has 0 saturated carbocycles. The van der Waals surface area contributed by atoms with Gasteiger partial charge in [0.1, 0.15) is 6.07 Å². The summed E-state index contributed by atoms with van der Waals surface area (Å²) in [5.74, 6) is 0. The van der Waals surface area contributed by atoms with E-state index in [0.717, 1.165) is 10.1 Å². The number of benzene rings is 1. The standard InChI is InChI=1S/C9H4ClNS2/c10-8-6(4-11)7(12)3-5-1-2-13-9(5)8/h1-3,12H. The molecule has 0 aliphatic heterocycles. The van der Waals surface area contributed by atoms with Crippen molar-refractivity contribution in [1.82, 2.24) is 0 Å². The molecule has 0 aliphatic rings. The zero-order valence-electron chi connectivity index (χ0n) is 6.41. The Morgan fingerprint density at radius 1 is 1.54 bits per heavy atom. The molecule has 2 rings (SSSR count). The van der Waals surface area contributed by atoms with Crippen LogP contribution in [0, 0.1) is 11.3 Å². The van der Waals surface area contributed by atoms with Gasteiger partial charge in [0.25, 0.3) is 0 Å². The molecule has 0 N–H and O–H groups in total. The summed E-state index contributed by atoms with van der Waals surface area (Å²) in [5.41, 5.74) is 0.458. The van der Waals surface area contributed by atoms with Crippen molar-refractivity contribution < 1.29 is 0 Å². The molecule has 1 aromatic carbocycles. The minimum Gasteiger partial charge on any atom is -0.192 e. The lowest BCUT2D eigenvalue weighted by atomic mass is 10.2. The van der Waals surface area contributed by atoms with Gasteiger partial charge in [-0.05, 0) is 22.9 Å². The van der Waals surface area contributed by atoms with E-state index in [4.69, 9.17) is 16.9 Å². The normalized spacial score (nSPS) is 10.2. The number of thiol groups is 1. The number of fused-ring (bicyclic) bond motifs is 1. The lowest BCUT2D eigenvalue weighted by Gasteiger charge is -2.00. The zero-order chi connectivity index (χ0) is 9.42.